The fraction of sp³-hybridized carbons (Fsp3) is 0.417. The van der Waals surface area contributed by atoms with Crippen LogP contribution in [0.2, 0.25) is 0 Å². The second-order valence-electron chi connectivity index (χ2n) is 3.95. The van der Waals surface area contributed by atoms with E-state index in [-0.39, 0.29) is 5.56 Å². The van der Waals surface area contributed by atoms with Crippen LogP contribution >= 0.6 is 0 Å². The number of hydrogen-bond acceptors (Lipinski definition) is 3. The molecule has 0 spiro atoms. The number of piperazine rings is 1. The van der Waals surface area contributed by atoms with Crippen molar-refractivity contribution >= 4 is 0 Å². The van der Waals surface area contributed by atoms with Crippen LogP contribution in [0.1, 0.15) is 11.6 Å². The topological polar surface area (TPSA) is 39.1 Å². The molecule has 0 radical (unpaired) electrons. The second-order valence-corrected chi connectivity index (χ2v) is 3.95. The SMILES string of the molecule is N#CC(c1c(F)cccc1F)N1CCNCC1. The van der Waals surface area contributed by atoms with Gasteiger partial charge in [0.05, 0.1) is 11.6 Å². The number of halogens is 2. The van der Waals surface area contributed by atoms with Gasteiger partial charge in [-0.25, -0.2) is 8.78 Å². The summed E-state index contributed by atoms with van der Waals surface area (Å²) < 4.78 is 27.2. The van der Waals surface area contributed by atoms with Crippen molar-refractivity contribution in [2.45, 2.75) is 6.04 Å². The van der Waals surface area contributed by atoms with E-state index in [0.717, 1.165) is 13.1 Å². The number of nitrogens with zero attached hydrogens (tertiary/aromatic N) is 2. The quantitative estimate of drug-likeness (QED) is 0.845. The van der Waals surface area contributed by atoms with E-state index < -0.39 is 17.7 Å². The van der Waals surface area contributed by atoms with Crippen molar-refractivity contribution in [1.82, 2.24) is 10.2 Å². The highest BCUT2D eigenvalue weighted by molar-refractivity contribution is 5.27. The summed E-state index contributed by atoms with van der Waals surface area (Å²) in [6.07, 6.45) is 0. The van der Waals surface area contributed by atoms with Gasteiger partial charge < -0.3 is 5.32 Å². The number of rotatable bonds is 2. The third kappa shape index (κ3) is 2.43. The third-order valence-electron chi connectivity index (χ3n) is 2.91. The second kappa shape index (κ2) is 5.21. The summed E-state index contributed by atoms with van der Waals surface area (Å²) in [5.74, 6) is -1.31. The summed E-state index contributed by atoms with van der Waals surface area (Å²) in [6, 6.07) is 4.82. The van der Waals surface area contributed by atoms with Gasteiger partial charge in [0.25, 0.3) is 0 Å². The van der Waals surface area contributed by atoms with Gasteiger partial charge in [-0.2, -0.15) is 5.26 Å². The standard InChI is InChI=1S/C12H13F2N3/c13-9-2-1-3-10(14)12(9)11(8-15)17-6-4-16-5-7-17/h1-3,11,16H,4-7H2. The maximum atomic E-state index is 13.6. The molecule has 1 atom stereocenters. The Kier molecular flexibility index (Phi) is 3.67. The first kappa shape index (κ1) is 12.0. The van der Waals surface area contributed by atoms with Gasteiger partial charge >= 0.3 is 0 Å². The van der Waals surface area contributed by atoms with E-state index in [0.29, 0.717) is 13.1 Å². The molecule has 0 aliphatic carbocycles. The molecular formula is C12H13F2N3. The third-order valence-corrected chi connectivity index (χ3v) is 2.91. The van der Waals surface area contributed by atoms with E-state index in [2.05, 4.69) is 5.32 Å². The first-order chi connectivity index (χ1) is 8.24. The highest BCUT2D eigenvalue weighted by Crippen LogP contribution is 2.25. The number of benzene rings is 1. The van der Waals surface area contributed by atoms with Crippen LogP contribution in [0.25, 0.3) is 0 Å². The first-order valence-electron chi connectivity index (χ1n) is 5.52. The first-order valence-corrected chi connectivity index (χ1v) is 5.52. The molecule has 5 heteroatoms. The Balaban J connectivity index is 2.32. The minimum atomic E-state index is -0.849. The highest BCUT2D eigenvalue weighted by atomic mass is 19.1. The van der Waals surface area contributed by atoms with Crippen molar-refractivity contribution in [3.63, 3.8) is 0 Å². The van der Waals surface area contributed by atoms with Gasteiger partial charge in [0.15, 0.2) is 0 Å². The fourth-order valence-corrected chi connectivity index (χ4v) is 2.04. The average Bonchev–Trinajstić information content (AvgIpc) is 2.35. The van der Waals surface area contributed by atoms with Crippen LogP contribution in [0.5, 0.6) is 0 Å². The molecule has 1 aliphatic rings. The minimum absolute atomic E-state index is 0.142. The summed E-state index contributed by atoms with van der Waals surface area (Å²) in [4.78, 5) is 1.79. The Morgan fingerprint density at radius 2 is 1.82 bits per heavy atom. The lowest BCUT2D eigenvalue weighted by Gasteiger charge is -2.31. The fourth-order valence-electron chi connectivity index (χ4n) is 2.04. The molecule has 1 aromatic carbocycles. The van der Waals surface area contributed by atoms with E-state index in [1.165, 1.54) is 18.2 Å². The van der Waals surface area contributed by atoms with Crippen molar-refractivity contribution in [2.75, 3.05) is 26.2 Å². The molecule has 3 nitrogen and oxygen atoms in total. The van der Waals surface area contributed by atoms with Crippen LogP contribution in [-0.2, 0) is 0 Å². The molecule has 1 unspecified atom stereocenters. The van der Waals surface area contributed by atoms with Gasteiger partial charge in [-0.3, -0.25) is 4.90 Å². The van der Waals surface area contributed by atoms with Crippen LogP contribution in [0.4, 0.5) is 8.78 Å². The number of nitriles is 1. The number of nitrogens with one attached hydrogen (secondary N) is 1. The van der Waals surface area contributed by atoms with E-state index >= 15 is 0 Å². The average molecular weight is 237 g/mol. The predicted molar refractivity (Wildman–Crippen MR) is 59.2 cm³/mol. The Bertz CT molecular complexity index is 416. The van der Waals surface area contributed by atoms with Gasteiger partial charge in [0.2, 0.25) is 0 Å². The Morgan fingerprint density at radius 3 is 2.35 bits per heavy atom. The summed E-state index contributed by atoms with van der Waals surface area (Å²) in [5, 5.41) is 12.3. The minimum Gasteiger partial charge on any atom is -0.314 e. The van der Waals surface area contributed by atoms with Crippen molar-refractivity contribution in [3.8, 4) is 6.07 Å². The van der Waals surface area contributed by atoms with Crippen molar-refractivity contribution in [1.29, 1.82) is 5.26 Å². The summed E-state index contributed by atoms with van der Waals surface area (Å²) >= 11 is 0. The Hall–Kier alpha value is -1.51. The van der Waals surface area contributed by atoms with Crippen molar-refractivity contribution in [2.24, 2.45) is 0 Å². The zero-order valence-electron chi connectivity index (χ0n) is 9.29. The highest BCUT2D eigenvalue weighted by Gasteiger charge is 2.26. The van der Waals surface area contributed by atoms with Crippen molar-refractivity contribution in [3.05, 3.63) is 35.4 Å². The van der Waals surface area contributed by atoms with E-state index in [1.807, 2.05) is 6.07 Å². The van der Waals surface area contributed by atoms with Crippen molar-refractivity contribution < 1.29 is 8.78 Å². The molecule has 17 heavy (non-hydrogen) atoms. The molecule has 1 fully saturated rings. The van der Waals surface area contributed by atoms with Crippen LogP contribution < -0.4 is 5.32 Å². The lowest BCUT2D eigenvalue weighted by molar-refractivity contribution is 0.201. The maximum absolute atomic E-state index is 13.6. The van der Waals surface area contributed by atoms with Gasteiger partial charge in [-0.15, -0.1) is 0 Å². The molecule has 90 valence electrons. The zero-order valence-corrected chi connectivity index (χ0v) is 9.29. The molecule has 2 rings (SSSR count). The monoisotopic (exact) mass is 237 g/mol. The lowest BCUT2D eigenvalue weighted by Crippen LogP contribution is -2.45. The van der Waals surface area contributed by atoms with Crippen LogP contribution in [0.3, 0.4) is 0 Å². The Labute approximate surface area is 98.6 Å². The number of hydrogen-bond donors (Lipinski definition) is 1. The zero-order chi connectivity index (χ0) is 12.3. The molecule has 0 saturated carbocycles. The molecular weight excluding hydrogens is 224 g/mol. The molecule has 1 aliphatic heterocycles. The van der Waals surface area contributed by atoms with Gasteiger partial charge in [-0.05, 0) is 12.1 Å². The van der Waals surface area contributed by atoms with Gasteiger partial charge in [-0.1, -0.05) is 6.07 Å². The molecule has 0 bridgehead atoms. The molecule has 1 saturated heterocycles. The molecule has 1 heterocycles. The largest absolute Gasteiger partial charge is 0.314 e. The van der Waals surface area contributed by atoms with E-state index in [9.17, 15) is 8.78 Å². The lowest BCUT2D eigenvalue weighted by atomic mass is 10.0. The summed E-state index contributed by atoms with van der Waals surface area (Å²) in [7, 11) is 0. The molecule has 1 aromatic rings. The summed E-state index contributed by atoms with van der Waals surface area (Å²) in [6.45, 7) is 2.69. The summed E-state index contributed by atoms with van der Waals surface area (Å²) in [5.41, 5.74) is -0.142. The van der Waals surface area contributed by atoms with Gasteiger partial charge in [0.1, 0.15) is 17.7 Å². The van der Waals surface area contributed by atoms with E-state index in [1.54, 1.807) is 4.90 Å². The Morgan fingerprint density at radius 1 is 1.24 bits per heavy atom. The maximum Gasteiger partial charge on any atom is 0.132 e. The van der Waals surface area contributed by atoms with Gasteiger partial charge in [0, 0.05) is 26.2 Å². The molecule has 0 amide bonds. The predicted octanol–water partition coefficient (Wildman–Crippen LogP) is 1.43. The normalized spacial score (nSPS) is 18.6. The smallest absolute Gasteiger partial charge is 0.132 e. The van der Waals surface area contributed by atoms with Crippen LogP contribution in [-0.4, -0.2) is 31.1 Å². The van der Waals surface area contributed by atoms with Crippen LogP contribution in [0.15, 0.2) is 18.2 Å². The molecule has 0 aromatic heterocycles. The molecule has 1 N–H and O–H groups in total. The van der Waals surface area contributed by atoms with E-state index in [4.69, 9.17) is 5.26 Å². The van der Waals surface area contributed by atoms with Crippen LogP contribution in [0, 0.1) is 23.0 Å².